The number of amides is 1. The van der Waals surface area contributed by atoms with Crippen molar-refractivity contribution < 1.29 is 18.3 Å². The lowest BCUT2D eigenvalue weighted by molar-refractivity contribution is -0.0498. The molecule has 1 unspecified atom stereocenters. The van der Waals surface area contributed by atoms with Crippen LogP contribution in [0, 0.1) is 6.92 Å². The monoisotopic (exact) mass is 323 g/mol. The van der Waals surface area contributed by atoms with Crippen LogP contribution in [0.25, 0.3) is 0 Å². The molecule has 0 bridgehead atoms. The number of carbonyl (C=O) groups is 1. The van der Waals surface area contributed by atoms with Gasteiger partial charge in [0, 0.05) is 23.9 Å². The minimum Gasteiger partial charge on any atom is -0.435 e. The number of nitrogens with one attached hydrogen (secondary N) is 1. The van der Waals surface area contributed by atoms with E-state index in [1.165, 1.54) is 24.3 Å². The van der Waals surface area contributed by atoms with Crippen molar-refractivity contribution in [3.05, 3.63) is 47.3 Å². The molecule has 1 aromatic heterocycles. The van der Waals surface area contributed by atoms with Gasteiger partial charge in [-0.1, -0.05) is 0 Å². The fourth-order valence-corrected chi connectivity index (χ4v) is 2.27. The molecular formula is C16H19F2N3O2. The molecular weight excluding hydrogens is 304 g/mol. The first-order chi connectivity index (χ1) is 10.9. The Kier molecular flexibility index (Phi) is 5.31. The van der Waals surface area contributed by atoms with E-state index in [1.54, 1.807) is 0 Å². The second-order valence-electron chi connectivity index (χ2n) is 5.12. The van der Waals surface area contributed by atoms with Crippen molar-refractivity contribution in [3.63, 3.8) is 0 Å². The van der Waals surface area contributed by atoms with Crippen LogP contribution in [0.3, 0.4) is 0 Å². The fraction of sp³-hybridized carbons (Fsp3) is 0.375. The molecule has 2 rings (SSSR count). The van der Waals surface area contributed by atoms with Gasteiger partial charge in [-0.3, -0.25) is 9.48 Å². The van der Waals surface area contributed by atoms with E-state index >= 15 is 0 Å². The maximum absolute atomic E-state index is 12.2. The molecule has 124 valence electrons. The van der Waals surface area contributed by atoms with Crippen molar-refractivity contribution >= 4 is 5.91 Å². The predicted octanol–water partition coefficient (Wildman–Crippen LogP) is 3.30. The summed E-state index contributed by atoms with van der Waals surface area (Å²) >= 11 is 0. The van der Waals surface area contributed by atoms with Gasteiger partial charge in [0.15, 0.2) is 0 Å². The van der Waals surface area contributed by atoms with Gasteiger partial charge >= 0.3 is 6.61 Å². The molecule has 1 amide bonds. The predicted molar refractivity (Wildman–Crippen MR) is 81.6 cm³/mol. The van der Waals surface area contributed by atoms with E-state index in [-0.39, 0.29) is 17.7 Å². The van der Waals surface area contributed by atoms with E-state index in [2.05, 4.69) is 15.2 Å². The van der Waals surface area contributed by atoms with Crippen LogP contribution in [0.5, 0.6) is 5.75 Å². The van der Waals surface area contributed by atoms with Crippen molar-refractivity contribution in [1.29, 1.82) is 0 Å². The first-order valence-electron chi connectivity index (χ1n) is 7.30. The minimum atomic E-state index is -2.88. The van der Waals surface area contributed by atoms with Gasteiger partial charge in [-0.05, 0) is 45.0 Å². The normalized spacial score (nSPS) is 12.3. The molecule has 0 radical (unpaired) electrons. The molecule has 7 heteroatoms. The van der Waals surface area contributed by atoms with Gasteiger partial charge in [0.1, 0.15) is 5.75 Å². The summed E-state index contributed by atoms with van der Waals surface area (Å²) < 4.78 is 30.3. The molecule has 0 aliphatic heterocycles. The highest BCUT2D eigenvalue weighted by Crippen LogP contribution is 2.18. The lowest BCUT2D eigenvalue weighted by Crippen LogP contribution is -2.26. The SMILES string of the molecule is CCn1cc(C(C)NC(=O)c2ccc(OC(F)F)cc2)c(C)n1. The first kappa shape index (κ1) is 16.9. The van der Waals surface area contributed by atoms with Crippen LogP contribution in [0.4, 0.5) is 8.78 Å². The maximum Gasteiger partial charge on any atom is 0.387 e. The van der Waals surface area contributed by atoms with Crippen LogP contribution in [-0.4, -0.2) is 22.3 Å². The summed E-state index contributed by atoms with van der Waals surface area (Å²) in [7, 11) is 0. The molecule has 1 aromatic carbocycles. The second-order valence-corrected chi connectivity index (χ2v) is 5.12. The molecule has 0 spiro atoms. The average Bonchev–Trinajstić information content (AvgIpc) is 2.88. The van der Waals surface area contributed by atoms with Gasteiger partial charge in [0.05, 0.1) is 11.7 Å². The summed E-state index contributed by atoms with van der Waals surface area (Å²) in [5.74, 6) is -0.269. The number of rotatable bonds is 6. The zero-order valence-corrected chi connectivity index (χ0v) is 13.2. The highest BCUT2D eigenvalue weighted by Gasteiger charge is 2.16. The number of carbonyl (C=O) groups excluding carboxylic acids is 1. The zero-order valence-electron chi connectivity index (χ0n) is 13.2. The molecule has 1 heterocycles. The molecule has 23 heavy (non-hydrogen) atoms. The van der Waals surface area contributed by atoms with Crippen molar-refractivity contribution in [2.45, 2.75) is 40.0 Å². The average molecular weight is 323 g/mol. The van der Waals surface area contributed by atoms with Crippen LogP contribution in [-0.2, 0) is 6.54 Å². The van der Waals surface area contributed by atoms with Gasteiger partial charge in [-0.15, -0.1) is 0 Å². The number of aromatic nitrogens is 2. The van der Waals surface area contributed by atoms with Crippen LogP contribution in [0.2, 0.25) is 0 Å². The largest absolute Gasteiger partial charge is 0.435 e. The lowest BCUT2D eigenvalue weighted by atomic mass is 10.1. The highest BCUT2D eigenvalue weighted by atomic mass is 19.3. The summed E-state index contributed by atoms with van der Waals surface area (Å²) in [4.78, 5) is 12.2. The number of hydrogen-bond acceptors (Lipinski definition) is 3. The fourth-order valence-electron chi connectivity index (χ4n) is 2.27. The number of alkyl halides is 2. The van der Waals surface area contributed by atoms with Gasteiger partial charge in [0.25, 0.3) is 5.91 Å². The quantitative estimate of drug-likeness (QED) is 0.887. The van der Waals surface area contributed by atoms with Crippen molar-refractivity contribution in [1.82, 2.24) is 15.1 Å². The van der Waals surface area contributed by atoms with Gasteiger partial charge < -0.3 is 10.1 Å². The molecule has 0 saturated carbocycles. The van der Waals surface area contributed by atoms with Crippen LogP contribution in [0.15, 0.2) is 30.5 Å². The van der Waals surface area contributed by atoms with E-state index in [4.69, 9.17) is 0 Å². The number of ether oxygens (including phenoxy) is 1. The van der Waals surface area contributed by atoms with Crippen LogP contribution >= 0.6 is 0 Å². The summed E-state index contributed by atoms with van der Waals surface area (Å²) in [6.45, 7) is 3.62. The smallest absolute Gasteiger partial charge is 0.387 e. The van der Waals surface area contributed by atoms with Crippen molar-refractivity contribution in [2.75, 3.05) is 0 Å². The molecule has 1 atom stereocenters. The second kappa shape index (κ2) is 7.21. The Morgan fingerprint density at radius 1 is 1.35 bits per heavy atom. The summed E-state index contributed by atoms with van der Waals surface area (Å²) in [5, 5.41) is 7.22. The Balaban J connectivity index is 2.04. The molecule has 0 saturated heterocycles. The molecule has 1 N–H and O–H groups in total. The third-order valence-electron chi connectivity index (χ3n) is 3.46. The molecule has 5 nitrogen and oxygen atoms in total. The number of benzene rings is 1. The third-order valence-corrected chi connectivity index (χ3v) is 3.46. The van der Waals surface area contributed by atoms with Gasteiger partial charge in [-0.25, -0.2) is 0 Å². The lowest BCUT2D eigenvalue weighted by Gasteiger charge is -2.13. The van der Waals surface area contributed by atoms with Gasteiger partial charge in [-0.2, -0.15) is 13.9 Å². The number of aryl methyl sites for hydroxylation is 2. The molecule has 0 aliphatic carbocycles. The van der Waals surface area contributed by atoms with Gasteiger partial charge in [0.2, 0.25) is 0 Å². The standard InChI is InChI=1S/C16H19F2N3O2/c1-4-21-9-14(11(3)20-21)10(2)19-15(22)12-5-7-13(8-6-12)23-16(17)18/h5-10,16H,4H2,1-3H3,(H,19,22). The number of hydrogen-bond donors (Lipinski definition) is 1. The third kappa shape index (κ3) is 4.28. The summed E-state index contributed by atoms with van der Waals surface area (Å²) in [6.07, 6.45) is 1.90. The van der Waals surface area contributed by atoms with Crippen molar-refractivity contribution in [3.8, 4) is 5.75 Å². The van der Waals surface area contributed by atoms with E-state index in [0.29, 0.717) is 5.56 Å². The van der Waals surface area contributed by atoms with Crippen LogP contribution in [0.1, 0.15) is 41.5 Å². The van der Waals surface area contributed by atoms with E-state index < -0.39 is 6.61 Å². The Hall–Kier alpha value is -2.44. The maximum atomic E-state index is 12.2. The Morgan fingerprint density at radius 3 is 2.52 bits per heavy atom. The zero-order chi connectivity index (χ0) is 17.0. The van der Waals surface area contributed by atoms with Crippen molar-refractivity contribution in [2.24, 2.45) is 0 Å². The minimum absolute atomic E-state index is 0.0182. The Morgan fingerprint density at radius 2 is 2.00 bits per heavy atom. The Labute approximate surface area is 133 Å². The Bertz CT molecular complexity index is 668. The first-order valence-corrected chi connectivity index (χ1v) is 7.30. The molecule has 0 fully saturated rings. The summed E-state index contributed by atoms with van der Waals surface area (Å²) in [5.41, 5.74) is 2.18. The van der Waals surface area contributed by atoms with E-state index in [9.17, 15) is 13.6 Å². The highest BCUT2D eigenvalue weighted by molar-refractivity contribution is 5.94. The van der Waals surface area contributed by atoms with E-state index in [0.717, 1.165) is 17.8 Å². The topological polar surface area (TPSA) is 56.2 Å². The van der Waals surface area contributed by atoms with E-state index in [1.807, 2.05) is 31.6 Å². The number of nitrogens with zero attached hydrogens (tertiary/aromatic N) is 2. The number of halogens is 2. The van der Waals surface area contributed by atoms with Crippen LogP contribution < -0.4 is 10.1 Å². The molecule has 0 aliphatic rings. The summed E-state index contributed by atoms with van der Waals surface area (Å²) in [6, 6.07) is 5.36. The molecule has 2 aromatic rings.